The van der Waals surface area contributed by atoms with E-state index in [-0.39, 0.29) is 42.1 Å². The molecule has 6 nitrogen and oxygen atoms in total. The van der Waals surface area contributed by atoms with Gasteiger partial charge >= 0.3 is 0 Å². The third kappa shape index (κ3) is 2.81. The van der Waals surface area contributed by atoms with Crippen LogP contribution < -0.4 is 10.1 Å². The largest absolute Gasteiger partial charge is 0.467 e. The van der Waals surface area contributed by atoms with Crippen LogP contribution in [-0.4, -0.2) is 47.2 Å². The van der Waals surface area contributed by atoms with Gasteiger partial charge in [0, 0.05) is 38.0 Å². The topological polar surface area (TPSA) is 78.9 Å². The van der Waals surface area contributed by atoms with Gasteiger partial charge < -0.3 is 20.1 Å². The Morgan fingerprint density at radius 1 is 1.29 bits per heavy atom. The fourth-order valence-electron chi connectivity index (χ4n) is 5.91. The summed E-state index contributed by atoms with van der Waals surface area (Å²) in [6.07, 6.45) is 5.44. The zero-order valence-corrected chi connectivity index (χ0v) is 16.1. The van der Waals surface area contributed by atoms with Crippen molar-refractivity contribution in [2.24, 2.45) is 23.7 Å². The van der Waals surface area contributed by atoms with Crippen molar-refractivity contribution in [3.8, 4) is 5.75 Å². The van der Waals surface area contributed by atoms with Crippen LogP contribution in [0.5, 0.6) is 5.75 Å². The molecule has 4 fully saturated rings. The van der Waals surface area contributed by atoms with Crippen molar-refractivity contribution in [2.45, 2.75) is 44.2 Å². The molecule has 2 heterocycles. The molecule has 2 amide bonds. The first-order chi connectivity index (χ1) is 13.6. The van der Waals surface area contributed by atoms with Crippen LogP contribution in [0.3, 0.4) is 0 Å². The molecule has 1 spiro atoms. The van der Waals surface area contributed by atoms with Crippen molar-refractivity contribution < 1.29 is 19.4 Å². The molecule has 5 aliphatic rings. The van der Waals surface area contributed by atoms with E-state index in [9.17, 15) is 14.7 Å². The summed E-state index contributed by atoms with van der Waals surface area (Å²) in [6.45, 7) is 1.63. The van der Waals surface area contributed by atoms with Gasteiger partial charge in [-0.05, 0) is 56.1 Å². The van der Waals surface area contributed by atoms with E-state index in [2.05, 4.69) is 5.32 Å². The van der Waals surface area contributed by atoms with Gasteiger partial charge in [0.25, 0.3) is 5.91 Å². The molecule has 1 aromatic rings. The van der Waals surface area contributed by atoms with Crippen LogP contribution in [0.4, 0.5) is 0 Å². The molecule has 6 rings (SSSR count). The summed E-state index contributed by atoms with van der Waals surface area (Å²) in [5, 5.41) is 12.6. The van der Waals surface area contributed by atoms with Crippen molar-refractivity contribution >= 4 is 11.8 Å². The van der Waals surface area contributed by atoms with E-state index in [1.165, 1.54) is 0 Å². The molecule has 28 heavy (non-hydrogen) atoms. The zero-order chi connectivity index (χ0) is 19.3. The number of carbonyl (C=O) groups excluding carboxylic acids is 2. The summed E-state index contributed by atoms with van der Waals surface area (Å²) in [7, 11) is 0. The lowest BCUT2D eigenvalue weighted by molar-refractivity contribution is -0.157. The van der Waals surface area contributed by atoms with Crippen LogP contribution in [0.25, 0.3) is 0 Å². The lowest BCUT2D eigenvalue weighted by Crippen LogP contribution is -2.67. The van der Waals surface area contributed by atoms with Gasteiger partial charge in [0.1, 0.15) is 5.75 Å². The van der Waals surface area contributed by atoms with Crippen LogP contribution in [-0.2, 0) is 4.79 Å². The number of likely N-dealkylation sites (tertiary alicyclic amines) is 1. The first-order valence-corrected chi connectivity index (χ1v) is 10.6. The van der Waals surface area contributed by atoms with E-state index >= 15 is 0 Å². The minimum atomic E-state index is -0.666. The fourth-order valence-corrected chi connectivity index (χ4v) is 5.91. The first-order valence-electron chi connectivity index (χ1n) is 10.6. The number of nitrogens with one attached hydrogen (secondary N) is 1. The monoisotopic (exact) mass is 384 g/mol. The fraction of sp³-hybridized carbons (Fsp3) is 0.636. The highest BCUT2D eigenvalue weighted by molar-refractivity contribution is 5.98. The molecule has 1 aromatic carbocycles. The van der Waals surface area contributed by atoms with Gasteiger partial charge in [0.15, 0.2) is 5.72 Å². The number of para-hydroxylation sites is 1. The molecule has 0 radical (unpaired) electrons. The number of nitrogens with zero attached hydrogens (tertiary/aromatic N) is 1. The minimum absolute atomic E-state index is 0.0134. The van der Waals surface area contributed by atoms with Gasteiger partial charge in [-0.3, -0.25) is 9.59 Å². The number of benzene rings is 1. The number of aliphatic hydroxyl groups is 1. The Morgan fingerprint density at radius 2 is 2.14 bits per heavy atom. The van der Waals surface area contributed by atoms with Gasteiger partial charge in [0.2, 0.25) is 5.91 Å². The highest BCUT2D eigenvalue weighted by Crippen LogP contribution is 2.52. The number of carbonyl (C=O) groups is 2. The standard InChI is InChI=1S/C22H28N2O4/c25-13-14-4-3-9-24(12-14)21(27)18-10-16-8-7-15(18)11-22(16)23-20(26)17-5-1-2-6-19(17)28-22/h1-2,5-6,14-16,18,25H,3-4,7-13H2,(H,23,26)/t14-,15-,16+,18-,22-/m0/s1. The van der Waals surface area contributed by atoms with Gasteiger partial charge in [-0.2, -0.15) is 0 Å². The molecule has 3 saturated carbocycles. The maximum atomic E-state index is 13.3. The van der Waals surface area contributed by atoms with Gasteiger partial charge in [-0.1, -0.05) is 12.1 Å². The number of rotatable bonds is 2. The van der Waals surface area contributed by atoms with Crippen molar-refractivity contribution in [3.05, 3.63) is 29.8 Å². The smallest absolute Gasteiger partial charge is 0.258 e. The van der Waals surface area contributed by atoms with Crippen LogP contribution in [0.2, 0.25) is 0 Å². The average molecular weight is 384 g/mol. The predicted octanol–water partition coefficient (Wildman–Crippen LogP) is 2.17. The molecule has 150 valence electrons. The Kier molecular flexibility index (Phi) is 4.34. The molecule has 0 aromatic heterocycles. The number of aliphatic hydroxyl groups excluding tert-OH is 1. The van der Waals surface area contributed by atoms with E-state index in [4.69, 9.17) is 4.74 Å². The van der Waals surface area contributed by atoms with Crippen molar-refractivity contribution in [1.82, 2.24) is 10.2 Å². The summed E-state index contributed by atoms with van der Waals surface area (Å²) in [5.74, 6) is 1.44. The quantitative estimate of drug-likeness (QED) is 0.819. The zero-order valence-electron chi connectivity index (χ0n) is 16.1. The molecule has 0 unspecified atom stereocenters. The van der Waals surface area contributed by atoms with Crippen molar-refractivity contribution in [2.75, 3.05) is 19.7 Å². The summed E-state index contributed by atoms with van der Waals surface area (Å²) in [6, 6.07) is 7.40. The molecule has 5 atom stereocenters. The Balaban J connectivity index is 1.34. The Bertz CT molecular complexity index is 796. The Hall–Kier alpha value is -2.08. The number of fused-ring (bicyclic) bond motifs is 3. The van der Waals surface area contributed by atoms with Crippen LogP contribution in [0, 0.1) is 23.7 Å². The number of amides is 2. The average Bonchev–Trinajstić information content (AvgIpc) is 2.73. The second-order valence-electron chi connectivity index (χ2n) is 9.00. The van der Waals surface area contributed by atoms with Crippen LogP contribution in [0.15, 0.2) is 24.3 Å². The van der Waals surface area contributed by atoms with Crippen LogP contribution >= 0.6 is 0 Å². The molecular formula is C22H28N2O4. The lowest BCUT2D eigenvalue weighted by atomic mass is 9.59. The van der Waals surface area contributed by atoms with E-state index in [1.54, 1.807) is 6.07 Å². The van der Waals surface area contributed by atoms with E-state index < -0.39 is 5.72 Å². The molecule has 1 saturated heterocycles. The molecular weight excluding hydrogens is 356 g/mol. The third-order valence-corrected chi connectivity index (χ3v) is 7.37. The second-order valence-corrected chi connectivity index (χ2v) is 9.00. The third-order valence-electron chi connectivity index (χ3n) is 7.37. The normalized spacial score (nSPS) is 36.6. The predicted molar refractivity (Wildman–Crippen MR) is 103 cm³/mol. The highest BCUT2D eigenvalue weighted by atomic mass is 16.5. The Labute approximate surface area is 165 Å². The number of hydrogen-bond acceptors (Lipinski definition) is 4. The number of hydrogen-bond donors (Lipinski definition) is 2. The minimum Gasteiger partial charge on any atom is -0.467 e. The summed E-state index contributed by atoms with van der Waals surface area (Å²) in [4.78, 5) is 27.9. The van der Waals surface area contributed by atoms with Crippen molar-refractivity contribution in [3.63, 3.8) is 0 Å². The summed E-state index contributed by atoms with van der Waals surface area (Å²) < 4.78 is 6.38. The number of piperidine rings is 1. The van der Waals surface area contributed by atoms with Gasteiger partial charge in [0.05, 0.1) is 5.56 Å². The molecule has 3 aliphatic carbocycles. The van der Waals surface area contributed by atoms with E-state index in [0.717, 1.165) is 38.6 Å². The second kappa shape index (κ2) is 6.76. The lowest BCUT2D eigenvalue weighted by Gasteiger charge is -2.55. The first kappa shape index (κ1) is 18.0. The van der Waals surface area contributed by atoms with Crippen molar-refractivity contribution in [1.29, 1.82) is 0 Å². The van der Waals surface area contributed by atoms with E-state index in [1.807, 2.05) is 23.1 Å². The van der Waals surface area contributed by atoms with E-state index in [0.29, 0.717) is 24.3 Å². The molecule has 2 N–H and O–H groups in total. The summed E-state index contributed by atoms with van der Waals surface area (Å²) >= 11 is 0. The molecule has 2 aliphatic heterocycles. The highest BCUT2D eigenvalue weighted by Gasteiger charge is 2.57. The molecule has 6 heteroatoms. The Morgan fingerprint density at radius 3 is 2.93 bits per heavy atom. The van der Waals surface area contributed by atoms with Gasteiger partial charge in [-0.15, -0.1) is 0 Å². The van der Waals surface area contributed by atoms with Crippen LogP contribution in [0.1, 0.15) is 48.9 Å². The number of ether oxygens (including phenoxy) is 1. The molecule has 2 bridgehead atoms. The summed E-state index contributed by atoms with van der Waals surface area (Å²) in [5.41, 5.74) is -0.0775. The SMILES string of the molecule is O=C1N[C@@]2(C[C@@H]3CC[C@@H]2C[C@@H]3C(=O)N2CCC[C@H](CO)C2)Oc2ccccc21. The van der Waals surface area contributed by atoms with Gasteiger partial charge in [-0.25, -0.2) is 0 Å². The maximum absolute atomic E-state index is 13.3. The maximum Gasteiger partial charge on any atom is 0.258 e.